The van der Waals surface area contributed by atoms with Crippen LogP contribution in [0.5, 0.6) is 0 Å². The summed E-state index contributed by atoms with van der Waals surface area (Å²) in [6, 6.07) is 9.40. The number of nitrogens with zero attached hydrogens (tertiary/aromatic N) is 4. The highest BCUT2D eigenvalue weighted by Gasteiger charge is 2.23. The lowest BCUT2D eigenvalue weighted by atomic mass is 10.1. The second-order valence-corrected chi connectivity index (χ2v) is 7.90. The zero-order valence-electron chi connectivity index (χ0n) is 18.1. The normalized spacial score (nSPS) is 16.1. The second-order valence-electron chi connectivity index (χ2n) is 7.90. The number of hydrogen-bond donors (Lipinski definition) is 2. The van der Waals surface area contributed by atoms with E-state index in [1.807, 2.05) is 18.8 Å². The zero-order chi connectivity index (χ0) is 20.3. The van der Waals surface area contributed by atoms with Crippen LogP contribution in [0.4, 0.5) is 5.69 Å². The van der Waals surface area contributed by atoms with E-state index in [1.165, 1.54) is 22.5 Å². The molecule has 1 aromatic heterocycles. The lowest BCUT2D eigenvalue weighted by molar-refractivity contribution is 0.601. The Hall–Kier alpha value is -2.50. The molecule has 0 amide bonds. The van der Waals surface area contributed by atoms with Crippen molar-refractivity contribution in [2.75, 3.05) is 25.0 Å². The Morgan fingerprint density at radius 1 is 1.25 bits per heavy atom. The molecule has 28 heavy (non-hydrogen) atoms. The van der Waals surface area contributed by atoms with Gasteiger partial charge in [-0.1, -0.05) is 18.2 Å². The molecule has 2 atom stereocenters. The predicted octanol–water partition coefficient (Wildman–Crippen LogP) is 2.58. The molecule has 0 radical (unpaired) electrons. The van der Waals surface area contributed by atoms with Crippen LogP contribution < -0.4 is 15.5 Å². The van der Waals surface area contributed by atoms with E-state index in [2.05, 4.69) is 77.6 Å². The minimum absolute atomic E-state index is 0.274. The summed E-state index contributed by atoms with van der Waals surface area (Å²) in [5.41, 5.74) is 6.48. The monoisotopic (exact) mass is 382 g/mol. The summed E-state index contributed by atoms with van der Waals surface area (Å²) in [7, 11) is 3.83. The Kier molecular flexibility index (Phi) is 6.27. The van der Waals surface area contributed by atoms with Crippen molar-refractivity contribution in [3.05, 3.63) is 46.8 Å². The van der Waals surface area contributed by atoms with Gasteiger partial charge < -0.3 is 15.5 Å². The van der Waals surface area contributed by atoms with Gasteiger partial charge >= 0.3 is 0 Å². The predicted molar refractivity (Wildman–Crippen MR) is 117 cm³/mol. The molecular formula is C22H34N6. The number of aromatic nitrogens is 2. The lowest BCUT2D eigenvalue weighted by Gasteiger charge is -2.28. The van der Waals surface area contributed by atoms with Crippen LogP contribution in [0.1, 0.15) is 36.4 Å². The third kappa shape index (κ3) is 4.32. The quantitative estimate of drug-likeness (QED) is 0.596. The van der Waals surface area contributed by atoms with E-state index in [0.717, 1.165) is 37.6 Å². The molecule has 2 heterocycles. The van der Waals surface area contributed by atoms with Crippen molar-refractivity contribution in [3.63, 3.8) is 0 Å². The average Bonchev–Trinajstić information content (AvgIpc) is 3.21. The van der Waals surface area contributed by atoms with Crippen LogP contribution in [-0.4, -0.2) is 48.0 Å². The van der Waals surface area contributed by atoms with E-state index in [4.69, 9.17) is 0 Å². The van der Waals surface area contributed by atoms with Crippen molar-refractivity contribution in [3.8, 4) is 0 Å². The molecule has 0 fully saturated rings. The Balaban J connectivity index is 1.53. The molecule has 0 saturated heterocycles. The van der Waals surface area contributed by atoms with Crippen molar-refractivity contribution in [2.45, 2.75) is 52.6 Å². The molecule has 0 aliphatic carbocycles. The molecule has 1 aliphatic heterocycles. The maximum absolute atomic E-state index is 4.52. The number of aryl methyl sites for hydroxylation is 2. The fraction of sp³-hybridized carbons (Fsp3) is 0.545. The molecule has 0 saturated carbocycles. The summed E-state index contributed by atoms with van der Waals surface area (Å²) in [6.45, 7) is 10.6. The summed E-state index contributed by atoms with van der Waals surface area (Å²) in [5.74, 6) is 0.853. The molecule has 1 aromatic carbocycles. The average molecular weight is 383 g/mol. The molecule has 0 spiro atoms. The molecule has 1 aliphatic rings. The highest BCUT2D eigenvalue weighted by Crippen LogP contribution is 2.28. The first-order valence-corrected chi connectivity index (χ1v) is 10.2. The number of hydrogen-bond acceptors (Lipinski definition) is 3. The SMILES string of the molecule is CN=C(NCC(C)N1CCc2ccccc21)NC(C)Cc1c(C)nn(C)c1C. The standard InChI is InChI=1S/C22H34N6/c1-15(13-20-17(3)26-27(6)18(20)4)25-22(23-5)24-14-16(2)28-12-11-19-9-7-8-10-21(19)28/h7-10,15-16H,11-14H2,1-6H3,(H2,23,24,25). The third-order valence-corrected chi connectivity index (χ3v) is 5.80. The first-order chi connectivity index (χ1) is 13.4. The lowest BCUT2D eigenvalue weighted by Crippen LogP contribution is -2.48. The highest BCUT2D eigenvalue weighted by atomic mass is 15.3. The molecule has 6 nitrogen and oxygen atoms in total. The van der Waals surface area contributed by atoms with Gasteiger partial charge in [-0.25, -0.2) is 0 Å². The molecule has 152 valence electrons. The molecule has 6 heteroatoms. The maximum atomic E-state index is 4.52. The molecule has 2 aromatic rings. The molecule has 2 N–H and O–H groups in total. The fourth-order valence-corrected chi connectivity index (χ4v) is 4.07. The van der Waals surface area contributed by atoms with Crippen LogP contribution in [0.2, 0.25) is 0 Å². The van der Waals surface area contributed by atoms with E-state index in [9.17, 15) is 0 Å². The summed E-state index contributed by atoms with van der Waals surface area (Å²) in [5, 5.41) is 11.6. The smallest absolute Gasteiger partial charge is 0.191 e. The van der Waals surface area contributed by atoms with Gasteiger partial charge in [0, 0.05) is 50.6 Å². The van der Waals surface area contributed by atoms with Gasteiger partial charge in [-0.3, -0.25) is 9.67 Å². The maximum Gasteiger partial charge on any atom is 0.191 e. The minimum Gasteiger partial charge on any atom is -0.366 e. The topological polar surface area (TPSA) is 57.5 Å². The fourth-order valence-electron chi connectivity index (χ4n) is 4.07. The van der Waals surface area contributed by atoms with Gasteiger partial charge in [-0.05, 0) is 57.7 Å². The van der Waals surface area contributed by atoms with Crippen LogP contribution >= 0.6 is 0 Å². The molecule has 3 rings (SSSR count). The first kappa shape index (κ1) is 20.2. The van der Waals surface area contributed by atoms with Crippen molar-refractivity contribution in [2.24, 2.45) is 12.0 Å². The number of benzene rings is 1. The summed E-state index contributed by atoms with van der Waals surface area (Å²) in [6.07, 6.45) is 2.07. The van der Waals surface area contributed by atoms with Crippen LogP contribution in [0, 0.1) is 13.8 Å². The van der Waals surface area contributed by atoms with Gasteiger partial charge in [0.05, 0.1) is 5.69 Å². The summed E-state index contributed by atoms with van der Waals surface area (Å²) < 4.78 is 1.96. The van der Waals surface area contributed by atoms with Gasteiger partial charge in [0.2, 0.25) is 0 Å². The van der Waals surface area contributed by atoms with E-state index < -0.39 is 0 Å². The van der Waals surface area contributed by atoms with Crippen molar-refractivity contribution in [1.29, 1.82) is 0 Å². The highest BCUT2D eigenvalue weighted by molar-refractivity contribution is 5.80. The second kappa shape index (κ2) is 8.67. The Morgan fingerprint density at radius 3 is 2.68 bits per heavy atom. The first-order valence-electron chi connectivity index (χ1n) is 10.2. The Bertz CT molecular complexity index is 838. The summed E-state index contributed by atoms with van der Waals surface area (Å²) >= 11 is 0. The number of fused-ring (bicyclic) bond motifs is 1. The Labute approximate surface area is 169 Å². The number of aliphatic imine (C=N–C) groups is 1. The zero-order valence-corrected chi connectivity index (χ0v) is 18.1. The summed E-state index contributed by atoms with van der Waals surface area (Å²) in [4.78, 5) is 6.91. The van der Waals surface area contributed by atoms with Gasteiger partial charge in [-0.2, -0.15) is 5.10 Å². The van der Waals surface area contributed by atoms with E-state index in [0.29, 0.717) is 6.04 Å². The van der Waals surface area contributed by atoms with Gasteiger partial charge in [0.1, 0.15) is 0 Å². The van der Waals surface area contributed by atoms with E-state index >= 15 is 0 Å². The van der Waals surface area contributed by atoms with Crippen LogP contribution in [0.3, 0.4) is 0 Å². The van der Waals surface area contributed by atoms with Gasteiger partial charge in [-0.15, -0.1) is 0 Å². The number of anilines is 1. The van der Waals surface area contributed by atoms with Crippen molar-refractivity contribution in [1.82, 2.24) is 20.4 Å². The minimum atomic E-state index is 0.274. The van der Waals surface area contributed by atoms with Gasteiger partial charge in [0.15, 0.2) is 5.96 Å². The van der Waals surface area contributed by atoms with E-state index in [-0.39, 0.29) is 6.04 Å². The third-order valence-electron chi connectivity index (χ3n) is 5.80. The molecular weight excluding hydrogens is 348 g/mol. The van der Waals surface area contributed by atoms with Crippen LogP contribution in [0.25, 0.3) is 0 Å². The van der Waals surface area contributed by atoms with Crippen LogP contribution in [-0.2, 0) is 19.9 Å². The molecule has 0 bridgehead atoms. The number of para-hydroxylation sites is 1. The van der Waals surface area contributed by atoms with Crippen molar-refractivity contribution >= 4 is 11.6 Å². The number of rotatable bonds is 6. The van der Waals surface area contributed by atoms with Crippen LogP contribution in [0.15, 0.2) is 29.3 Å². The van der Waals surface area contributed by atoms with Gasteiger partial charge in [0.25, 0.3) is 0 Å². The number of nitrogens with one attached hydrogen (secondary N) is 2. The molecule has 2 unspecified atom stereocenters. The largest absolute Gasteiger partial charge is 0.366 e. The number of guanidine groups is 1. The van der Waals surface area contributed by atoms with E-state index in [1.54, 1.807) is 0 Å². The Morgan fingerprint density at radius 2 is 2.00 bits per heavy atom. The van der Waals surface area contributed by atoms with Crippen molar-refractivity contribution < 1.29 is 0 Å².